The largest absolute Gasteiger partial charge is 0.338 e. The Kier molecular flexibility index (Phi) is 4.63. The van der Waals surface area contributed by atoms with Crippen molar-refractivity contribution in [2.75, 3.05) is 19.6 Å². The molecule has 1 rings (SSSR count). The van der Waals surface area contributed by atoms with E-state index in [1.54, 1.807) is 0 Å². The quantitative estimate of drug-likeness (QED) is 0.732. The number of nitrogens with zero attached hydrogens (tertiary/aromatic N) is 1. The lowest BCUT2D eigenvalue weighted by atomic mass is 9.77. The smallest absolute Gasteiger partial charge is 0.317 e. The highest BCUT2D eigenvalue weighted by molar-refractivity contribution is 5.74. The number of hydrogen-bond acceptors (Lipinski definition) is 1. The molecule has 3 nitrogen and oxygen atoms in total. The molecule has 1 heterocycles. The Morgan fingerprint density at radius 3 is 2.56 bits per heavy atom. The molecule has 1 aliphatic heterocycles. The molecule has 1 saturated heterocycles. The van der Waals surface area contributed by atoms with Crippen LogP contribution in [0.5, 0.6) is 0 Å². The molecule has 94 valence electrons. The van der Waals surface area contributed by atoms with Crippen LogP contribution < -0.4 is 5.32 Å². The molecule has 1 N–H and O–H groups in total. The summed E-state index contributed by atoms with van der Waals surface area (Å²) in [6.45, 7) is 11.4. The monoisotopic (exact) mass is 226 g/mol. The van der Waals surface area contributed by atoms with Crippen LogP contribution in [0.3, 0.4) is 0 Å². The summed E-state index contributed by atoms with van der Waals surface area (Å²) in [4.78, 5) is 13.7. The number of likely N-dealkylation sites (tertiary alicyclic amines) is 1. The number of carbonyl (C=O) groups is 1. The lowest BCUT2D eigenvalue weighted by molar-refractivity contribution is 0.191. The summed E-state index contributed by atoms with van der Waals surface area (Å²) in [5.41, 5.74) is 0.372. The lowest BCUT2D eigenvalue weighted by Crippen LogP contribution is -2.40. The van der Waals surface area contributed by atoms with Gasteiger partial charge in [0, 0.05) is 19.6 Å². The van der Waals surface area contributed by atoms with Crippen LogP contribution in [0.1, 0.15) is 47.0 Å². The summed E-state index contributed by atoms with van der Waals surface area (Å²) >= 11 is 0. The van der Waals surface area contributed by atoms with E-state index in [2.05, 4.69) is 26.1 Å². The van der Waals surface area contributed by atoms with Gasteiger partial charge >= 0.3 is 6.03 Å². The second-order valence-electron chi connectivity index (χ2n) is 5.82. The SMILES string of the molecule is CCNC(=O)N1CCCC(C(C)(C)C)CC1. The van der Waals surface area contributed by atoms with E-state index in [0.717, 1.165) is 38.4 Å². The first-order chi connectivity index (χ1) is 7.45. The molecule has 1 atom stereocenters. The third-order valence-corrected chi connectivity index (χ3v) is 3.57. The Bertz CT molecular complexity index is 233. The first-order valence-electron chi connectivity index (χ1n) is 6.48. The number of hydrogen-bond donors (Lipinski definition) is 1. The minimum atomic E-state index is 0.108. The van der Waals surface area contributed by atoms with E-state index in [4.69, 9.17) is 0 Å². The summed E-state index contributed by atoms with van der Waals surface area (Å²) in [5, 5.41) is 2.88. The maximum Gasteiger partial charge on any atom is 0.317 e. The average Bonchev–Trinajstić information content (AvgIpc) is 2.41. The van der Waals surface area contributed by atoms with Crippen LogP contribution in [0.25, 0.3) is 0 Å². The fraction of sp³-hybridized carbons (Fsp3) is 0.923. The maximum atomic E-state index is 11.7. The van der Waals surface area contributed by atoms with Crippen LogP contribution >= 0.6 is 0 Å². The average molecular weight is 226 g/mol. The summed E-state index contributed by atoms with van der Waals surface area (Å²) in [7, 11) is 0. The second kappa shape index (κ2) is 5.55. The topological polar surface area (TPSA) is 32.3 Å². The zero-order valence-corrected chi connectivity index (χ0v) is 11.2. The van der Waals surface area contributed by atoms with E-state index in [1.807, 2.05) is 11.8 Å². The zero-order valence-electron chi connectivity index (χ0n) is 11.2. The van der Waals surface area contributed by atoms with Crippen molar-refractivity contribution in [2.45, 2.75) is 47.0 Å². The Morgan fingerprint density at radius 1 is 1.31 bits per heavy atom. The van der Waals surface area contributed by atoms with E-state index in [1.165, 1.54) is 6.42 Å². The van der Waals surface area contributed by atoms with Gasteiger partial charge in [0.2, 0.25) is 0 Å². The molecule has 0 aromatic carbocycles. The Balaban J connectivity index is 2.49. The van der Waals surface area contributed by atoms with Crippen LogP contribution in [-0.2, 0) is 0 Å². The van der Waals surface area contributed by atoms with Gasteiger partial charge in [-0.2, -0.15) is 0 Å². The number of nitrogens with one attached hydrogen (secondary N) is 1. The summed E-state index contributed by atoms with van der Waals surface area (Å²) in [6.07, 6.45) is 3.53. The number of amides is 2. The van der Waals surface area contributed by atoms with E-state index >= 15 is 0 Å². The van der Waals surface area contributed by atoms with Crippen molar-refractivity contribution < 1.29 is 4.79 Å². The van der Waals surface area contributed by atoms with Gasteiger partial charge in [0.1, 0.15) is 0 Å². The minimum absolute atomic E-state index is 0.108. The Hall–Kier alpha value is -0.730. The van der Waals surface area contributed by atoms with Crippen LogP contribution in [0.2, 0.25) is 0 Å². The Morgan fingerprint density at radius 2 is 2.00 bits per heavy atom. The van der Waals surface area contributed by atoms with Gasteiger partial charge < -0.3 is 10.2 Å². The molecule has 0 aliphatic carbocycles. The van der Waals surface area contributed by atoms with E-state index in [0.29, 0.717) is 5.41 Å². The maximum absolute atomic E-state index is 11.7. The van der Waals surface area contributed by atoms with Crippen molar-refractivity contribution in [3.05, 3.63) is 0 Å². The molecule has 1 unspecified atom stereocenters. The highest BCUT2D eigenvalue weighted by Crippen LogP contribution is 2.34. The zero-order chi connectivity index (χ0) is 12.2. The highest BCUT2D eigenvalue weighted by atomic mass is 16.2. The number of rotatable bonds is 1. The molecule has 3 heteroatoms. The van der Waals surface area contributed by atoms with Crippen molar-refractivity contribution in [1.29, 1.82) is 0 Å². The summed E-state index contributed by atoms with van der Waals surface area (Å²) < 4.78 is 0. The van der Waals surface area contributed by atoms with Gasteiger partial charge in [0.05, 0.1) is 0 Å². The van der Waals surface area contributed by atoms with Gasteiger partial charge in [-0.15, -0.1) is 0 Å². The second-order valence-corrected chi connectivity index (χ2v) is 5.82. The van der Waals surface area contributed by atoms with Gasteiger partial charge in [-0.25, -0.2) is 4.79 Å². The van der Waals surface area contributed by atoms with Crippen molar-refractivity contribution >= 4 is 6.03 Å². The standard InChI is InChI=1S/C13H26N2O/c1-5-14-12(16)15-9-6-7-11(8-10-15)13(2,3)4/h11H,5-10H2,1-4H3,(H,14,16). The molecule has 1 fully saturated rings. The molecule has 16 heavy (non-hydrogen) atoms. The third kappa shape index (κ3) is 3.69. The van der Waals surface area contributed by atoms with Crippen LogP contribution in [0, 0.1) is 11.3 Å². The highest BCUT2D eigenvalue weighted by Gasteiger charge is 2.28. The van der Waals surface area contributed by atoms with Crippen molar-refractivity contribution in [3.63, 3.8) is 0 Å². The molecular weight excluding hydrogens is 200 g/mol. The Labute approximate surface area is 99.6 Å². The molecule has 0 aromatic heterocycles. The van der Waals surface area contributed by atoms with E-state index < -0.39 is 0 Å². The summed E-state index contributed by atoms with van der Waals surface area (Å²) in [5.74, 6) is 0.743. The predicted octanol–water partition coefficient (Wildman–Crippen LogP) is 2.86. The lowest BCUT2D eigenvalue weighted by Gasteiger charge is -2.29. The fourth-order valence-corrected chi connectivity index (χ4v) is 2.43. The van der Waals surface area contributed by atoms with Gasteiger partial charge in [-0.05, 0) is 37.5 Å². The van der Waals surface area contributed by atoms with Crippen LogP contribution in [0.4, 0.5) is 4.79 Å². The fourth-order valence-electron chi connectivity index (χ4n) is 2.43. The first kappa shape index (κ1) is 13.3. The number of urea groups is 1. The van der Waals surface area contributed by atoms with Gasteiger partial charge in [-0.3, -0.25) is 0 Å². The minimum Gasteiger partial charge on any atom is -0.338 e. The molecule has 1 aliphatic rings. The van der Waals surface area contributed by atoms with Crippen LogP contribution in [-0.4, -0.2) is 30.6 Å². The van der Waals surface area contributed by atoms with Gasteiger partial charge in [0.25, 0.3) is 0 Å². The van der Waals surface area contributed by atoms with Gasteiger partial charge in [-0.1, -0.05) is 20.8 Å². The van der Waals surface area contributed by atoms with E-state index in [-0.39, 0.29) is 6.03 Å². The number of carbonyl (C=O) groups excluding carboxylic acids is 1. The molecule has 0 aromatic rings. The molecule has 0 radical (unpaired) electrons. The first-order valence-corrected chi connectivity index (χ1v) is 6.48. The predicted molar refractivity (Wildman–Crippen MR) is 67.4 cm³/mol. The third-order valence-electron chi connectivity index (χ3n) is 3.57. The summed E-state index contributed by atoms with van der Waals surface area (Å²) in [6, 6.07) is 0.108. The van der Waals surface area contributed by atoms with E-state index in [9.17, 15) is 4.79 Å². The normalized spacial score (nSPS) is 22.8. The molecular formula is C13H26N2O. The molecule has 0 bridgehead atoms. The molecule has 2 amide bonds. The van der Waals surface area contributed by atoms with Crippen molar-refractivity contribution in [3.8, 4) is 0 Å². The van der Waals surface area contributed by atoms with Gasteiger partial charge in [0.15, 0.2) is 0 Å². The molecule has 0 saturated carbocycles. The van der Waals surface area contributed by atoms with Crippen LogP contribution in [0.15, 0.2) is 0 Å². The van der Waals surface area contributed by atoms with Crippen molar-refractivity contribution in [2.24, 2.45) is 11.3 Å². The molecule has 0 spiro atoms. The van der Waals surface area contributed by atoms with Crippen molar-refractivity contribution in [1.82, 2.24) is 10.2 Å².